The first-order valence-electron chi connectivity index (χ1n) is 8.82. The number of hydrogen-bond donors (Lipinski definition) is 1. The number of benzene rings is 1. The van der Waals surface area contributed by atoms with Gasteiger partial charge in [-0.15, -0.1) is 11.8 Å². The number of fused-ring (bicyclic) bond motifs is 1. The summed E-state index contributed by atoms with van der Waals surface area (Å²) in [7, 11) is 0. The highest BCUT2D eigenvalue weighted by Crippen LogP contribution is 2.29. The van der Waals surface area contributed by atoms with Gasteiger partial charge in [-0.25, -0.2) is 4.98 Å². The van der Waals surface area contributed by atoms with Crippen LogP contribution in [0.2, 0.25) is 0 Å². The monoisotopic (exact) mass is 367 g/mol. The lowest BCUT2D eigenvalue weighted by Gasteiger charge is -2.21. The SMILES string of the molecule is O=C(NCc1ccc(SC2CCOCC2)cc1)c1ccc2nccn2c1. The van der Waals surface area contributed by atoms with Crippen LogP contribution in [0.25, 0.3) is 5.65 Å². The first-order valence-corrected chi connectivity index (χ1v) is 9.70. The third-order valence-corrected chi connectivity index (χ3v) is 5.85. The van der Waals surface area contributed by atoms with Crippen LogP contribution < -0.4 is 5.32 Å². The van der Waals surface area contributed by atoms with Crippen molar-refractivity contribution < 1.29 is 9.53 Å². The zero-order valence-corrected chi connectivity index (χ0v) is 15.2. The number of imidazole rings is 1. The Morgan fingerprint density at radius 2 is 2.00 bits per heavy atom. The molecule has 3 heterocycles. The van der Waals surface area contributed by atoms with Gasteiger partial charge in [0.25, 0.3) is 5.91 Å². The van der Waals surface area contributed by atoms with E-state index < -0.39 is 0 Å². The summed E-state index contributed by atoms with van der Waals surface area (Å²) in [6, 6.07) is 12.1. The molecule has 134 valence electrons. The molecule has 3 aromatic rings. The minimum absolute atomic E-state index is 0.0822. The molecule has 0 radical (unpaired) electrons. The summed E-state index contributed by atoms with van der Waals surface area (Å²) >= 11 is 1.92. The van der Waals surface area contributed by atoms with E-state index in [9.17, 15) is 4.79 Å². The molecule has 0 aliphatic carbocycles. The molecule has 0 atom stereocenters. The van der Waals surface area contributed by atoms with Crippen LogP contribution in [0.15, 0.2) is 59.9 Å². The van der Waals surface area contributed by atoms with Crippen LogP contribution >= 0.6 is 11.8 Å². The summed E-state index contributed by atoms with van der Waals surface area (Å²) < 4.78 is 7.25. The van der Waals surface area contributed by atoms with E-state index in [1.165, 1.54) is 4.90 Å². The zero-order valence-electron chi connectivity index (χ0n) is 14.4. The van der Waals surface area contributed by atoms with E-state index in [0.717, 1.165) is 37.3 Å². The second kappa shape index (κ2) is 7.93. The molecule has 2 aromatic heterocycles. The summed E-state index contributed by atoms with van der Waals surface area (Å²) in [5.41, 5.74) is 2.56. The molecule has 1 aliphatic rings. The summed E-state index contributed by atoms with van der Waals surface area (Å²) in [4.78, 5) is 17.8. The fraction of sp³-hybridized carbons (Fsp3) is 0.300. The van der Waals surface area contributed by atoms with Crippen molar-refractivity contribution in [2.24, 2.45) is 0 Å². The van der Waals surface area contributed by atoms with Crippen molar-refractivity contribution in [2.75, 3.05) is 13.2 Å². The Bertz CT molecular complexity index is 885. The second-order valence-corrected chi connectivity index (χ2v) is 7.74. The van der Waals surface area contributed by atoms with Crippen LogP contribution in [-0.2, 0) is 11.3 Å². The summed E-state index contributed by atoms with van der Waals surface area (Å²) in [6.45, 7) is 2.25. The quantitative estimate of drug-likeness (QED) is 0.749. The minimum Gasteiger partial charge on any atom is -0.381 e. The maximum atomic E-state index is 12.4. The Hall–Kier alpha value is -2.31. The van der Waals surface area contributed by atoms with E-state index in [2.05, 4.69) is 34.6 Å². The van der Waals surface area contributed by atoms with Crippen molar-refractivity contribution in [1.82, 2.24) is 14.7 Å². The molecule has 0 bridgehead atoms. The molecule has 1 amide bonds. The fourth-order valence-electron chi connectivity index (χ4n) is 3.01. The van der Waals surface area contributed by atoms with Crippen LogP contribution in [0.3, 0.4) is 0 Å². The van der Waals surface area contributed by atoms with Gasteiger partial charge in [-0.2, -0.15) is 0 Å². The summed E-state index contributed by atoms with van der Waals surface area (Å²) in [5, 5.41) is 3.62. The topological polar surface area (TPSA) is 55.6 Å². The van der Waals surface area contributed by atoms with Gasteiger partial charge in [-0.05, 0) is 42.7 Å². The molecular weight excluding hydrogens is 346 g/mol. The van der Waals surface area contributed by atoms with Crippen molar-refractivity contribution in [3.8, 4) is 0 Å². The van der Waals surface area contributed by atoms with Gasteiger partial charge in [0, 0.05) is 48.5 Å². The predicted molar refractivity (Wildman–Crippen MR) is 103 cm³/mol. The van der Waals surface area contributed by atoms with E-state index in [-0.39, 0.29) is 5.91 Å². The second-order valence-electron chi connectivity index (χ2n) is 6.37. The van der Waals surface area contributed by atoms with E-state index in [0.29, 0.717) is 17.4 Å². The van der Waals surface area contributed by atoms with Crippen LogP contribution in [0.5, 0.6) is 0 Å². The molecule has 6 heteroatoms. The molecular formula is C20H21N3O2S. The van der Waals surface area contributed by atoms with Gasteiger partial charge in [-0.3, -0.25) is 4.79 Å². The normalized spacial score (nSPS) is 15.2. The Balaban J connectivity index is 1.32. The van der Waals surface area contributed by atoms with Crippen molar-refractivity contribution in [3.05, 3.63) is 66.1 Å². The maximum absolute atomic E-state index is 12.4. The number of ether oxygens (including phenoxy) is 1. The Kier molecular flexibility index (Phi) is 5.22. The molecule has 0 unspecified atom stereocenters. The maximum Gasteiger partial charge on any atom is 0.253 e. The highest BCUT2D eigenvalue weighted by molar-refractivity contribution is 8.00. The number of nitrogens with zero attached hydrogens (tertiary/aromatic N) is 2. The highest BCUT2D eigenvalue weighted by Gasteiger charge is 2.14. The zero-order chi connectivity index (χ0) is 17.8. The first-order chi connectivity index (χ1) is 12.8. The van der Waals surface area contributed by atoms with Crippen LogP contribution in [-0.4, -0.2) is 33.8 Å². The number of amides is 1. The van der Waals surface area contributed by atoms with Gasteiger partial charge in [0.05, 0.1) is 5.56 Å². The minimum atomic E-state index is -0.0822. The van der Waals surface area contributed by atoms with Gasteiger partial charge < -0.3 is 14.5 Å². The number of rotatable bonds is 5. The predicted octanol–water partition coefficient (Wildman–Crippen LogP) is 3.54. The van der Waals surface area contributed by atoms with Gasteiger partial charge in [0.2, 0.25) is 0 Å². The number of hydrogen-bond acceptors (Lipinski definition) is 4. The molecule has 1 aromatic carbocycles. The third kappa shape index (κ3) is 4.08. The molecule has 1 aliphatic heterocycles. The average molecular weight is 367 g/mol. The molecule has 1 fully saturated rings. The standard InChI is InChI=1S/C20H21N3O2S/c24-20(16-3-6-19-21-9-10-23(19)14-16)22-13-15-1-4-17(5-2-15)26-18-7-11-25-12-8-18/h1-6,9-10,14,18H,7-8,11-13H2,(H,22,24). The Morgan fingerprint density at radius 3 is 2.81 bits per heavy atom. The molecule has 0 saturated carbocycles. The van der Waals surface area contributed by atoms with E-state index in [1.807, 2.05) is 28.4 Å². The van der Waals surface area contributed by atoms with E-state index in [1.54, 1.807) is 18.5 Å². The Morgan fingerprint density at radius 1 is 1.19 bits per heavy atom. The van der Waals surface area contributed by atoms with Crippen LogP contribution in [0.4, 0.5) is 0 Å². The highest BCUT2D eigenvalue weighted by atomic mass is 32.2. The number of carbonyl (C=O) groups excluding carboxylic acids is 1. The van der Waals surface area contributed by atoms with Crippen molar-refractivity contribution in [2.45, 2.75) is 29.5 Å². The van der Waals surface area contributed by atoms with Crippen molar-refractivity contribution >= 4 is 23.3 Å². The summed E-state index contributed by atoms with van der Waals surface area (Å²) in [5.74, 6) is -0.0822. The average Bonchev–Trinajstić information content (AvgIpc) is 3.16. The lowest BCUT2D eigenvalue weighted by Crippen LogP contribution is -2.23. The first kappa shape index (κ1) is 17.1. The van der Waals surface area contributed by atoms with Gasteiger partial charge in [0.15, 0.2) is 0 Å². The Labute approximate surface area is 156 Å². The molecule has 5 nitrogen and oxygen atoms in total. The van der Waals surface area contributed by atoms with Gasteiger partial charge in [-0.1, -0.05) is 12.1 Å². The fourth-order valence-corrected chi connectivity index (χ4v) is 4.12. The van der Waals surface area contributed by atoms with E-state index in [4.69, 9.17) is 4.74 Å². The smallest absolute Gasteiger partial charge is 0.253 e. The largest absolute Gasteiger partial charge is 0.381 e. The lowest BCUT2D eigenvalue weighted by molar-refractivity contribution is 0.0950. The molecule has 1 saturated heterocycles. The number of pyridine rings is 1. The molecule has 4 rings (SSSR count). The van der Waals surface area contributed by atoms with Crippen molar-refractivity contribution in [3.63, 3.8) is 0 Å². The van der Waals surface area contributed by atoms with Crippen LogP contribution in [0, 0.1) is 0 Å². The number of carbonyl (C=O) groups is 1. The summed E-state index contributed by atoms with van der Waals surface area (Å²) in [6.07, 6.45) is 7.58. The molecule has 1 N–H and O–H groups in total. The molecule has 26 heavy (non-hydrogen) atoms. The lowest BCUT2D eigenvalue weighted by atomic mass is 10.2. The number of aromatic nitrogens is 2. The number of nitrogens with one attached hydrogen (secondary N) is 1. The van der Waals surface area contributed by atoms with Gasteiger partial charge in [0.1, 0.15) is 5.65 Å². The van der Waals surface area contributed by atoms with E-state index >= 15 is 0 Å². The van der Waals surface area contributed by atoms with Crippen LogP contribution in [0.1, 0.15) is 28.8 Å². The van der Waals surface area contributed by atoms with Crippen molar-refractivity contribution in [1.29, 1.82) is 0 Å². The number of thioether (sulfide) groups is 1. The third-order valence-electron chi connectivity index (χ3n) is 4.50. The van der Waals surface area contributed by atoms with Gasteiger partial charge >= 0.3 is 0 Å². The molecule has 0 spiro atoms.